The molecule has 0 aromatic heterocycles. The maximum absolute atomic E-state index is 12.0. The highest BCUT2D eigenvalue weighted by atomic mass is 16.6. The molecule has 2 heterocycles. The fourth-order valence-corrected chi connectivity index (χ4v) is 3.78. The minimum absolute atomic E-state index is 0.233. The summed E-state index contributed by atoms with van der Waals surface area (Å²) < 4.78 is 5.41. The van der Waals surface area contributed by atoms with Crippen LogP contribution in [0, 0.1) is 5.92 Å². The van der Waals surface area contributed by atoms with E-state index in [0.29, 0.717) is 12.0 Å². The molecule has 134 valence electrons. The van der Waals surface area contributed by atoms with Crippen LogP contribution in [0.2, 0.25) is 0 Å². The maximum Gasteiger partial charge on any atom is 0.410 e. The molecule has 2 fully saturated rings. The first-order chi connectivity index (χ1) is 10.8. The molecule has 1 N–H and O–H groups in total. The Morgan fingerprint density at radius 2 is 2.04 bits per heavy atom. The van der Waals surface area contributed by atoms with Crippen molar-refractivity contribution in [2.75, 3.05) is 33.2 Å². The fraction of sp³-hybridized carbons (Fsp3) is 0.944. The largest absolute Gasteiger partial charge is 0.444 e. The van der Waals surface area contributed by atoms with Gasteiger partial charge in [-0.15, -0.1) is 0 Å². The number of piperidine rings is 1. The predicted molar refractivity (Wildman–Crippen MR) is 93.6 cm³/mol. The molecule has 2 rings (SSSR count). The zero-order valence-electron chi connectivity index (χ0n) is 15.6. The second-order valence-electron chi connectivity index (χ2n) is 8.37. The third-order valence-electron chi connectivity index (χ3n) is 4.88. The van der Waals surface area contributed by atoms with Crippen molar-refractivity contribution in [1.29, 1.82) is 0 Å². The average Bonchev–Trinajstić information content (AvgIpc) is 2.86. The Balaban J connectivity index is 1.70. The predicted octanol–water partition coefficient (Wildman–Crippen LogP) is 2.71. The standard InChI is InChI=1S/C18H35N3O2/c1-14(13-20(5)17(22)23-18(2,3)4)12-19-15-9-11-21-10-7-6-8-16(15)21/h14-16,19H,6-13H2,1-5H3. The quantitative estimate of drug-likeness (QED) is 0.844. The Kier molecular flexibility index (Phi) is 6.32. The summed E-state index contributed by atoms with van der Waals surface area (Å²) in [4.78, 5) is 16.4. The van der Waals surface area contributed by atoms with E-state index in [1.807, 2.05) is 27.8 Å². The number of nitrogens with zero attached hydrogens (tertiary/aromatic N) is 2. The van der Waals surface area contributed by atoms with E-state index in [0.717, 1.165) is 19.1 Å². The van der Waals surface area contributed by atoms with Crippen molar-refractivity contribution >= 4 is 6.09 Å². The molecule has 5 heteroatoms. The molecule has 3 unspecified atom stereocenters. The van der Waals surface area contributed by atoms with Crippen LogP contribution in [0.3, 0.4) is 0 Å². The second kappa shape index (κ2) is 7.84. The van der Waals surface area contributed by atoms with Crippen LogP contribution in [0.25, 0.3) is 0 Å². The van der Waals surface area contributed by atoms with Crippen LogP contribution >= 0.6 is 0 Å². The number of fused-ring (bicyclic) bond motifs is 1. The van der Waals surface area contributed by atoms with Gasteiger partial charge in [0.1, 0.15) is 5.60 Å². The van der Waals surface area contributed by atoms with Gasteiger partial charge < -0.3 is 15.0 Å². The van der Waals surface area contributed by atoms with E-state index in [9.17, 15) is 4.79 Å². The number of rotatable bonds is 5. The molecule has 0 aromatic carbocycles. The van der Waals surface area contributed by atoms with Crippen LogP contribution in [0.4, 0.5) is 4.79 Å². The number of ether oxygens (including phenoxy) is 1. The summed E-state index contributed by atoms with van der Waals surface area (Å²) in [6.07, 6.45) is 5.10. The van der Waals surface area contributed by atoms with Crippen LogP contribution in [-0.2, 0) is 4.74 Å². The molecule has 0 bridgehead atoms. The maximum atomic E-state index is 12.0. The smallest absolute Gasteiger partial charge is 0.410 e. The van der Waals surface area contributed by atoms with E-state index in [1.54, 1.807) is 4.90 Å². The molecule has 0 spiro atoms. The summed E-state index contributed by atoms with van der Waals surface area (Å²) >= 11 is 0. The molecule has 23 heavy (non-hydrogen) atoms. The van der Waals surface area contributed by atoms with Gasteiger partial charge in [0, 0.05) is 32.2 Å². The number of carbonyl (C=O) groups excluding carboxylic acids is 1. The van der Waals surface area contributed by atoms with Crippen molar-refractivity contribution in [2.24, 2.45) is 5.92 Å². The third-order valence-corrected chi connectivity index (χ3v) is 4.88. The minimum Gasteiger partial charge on any atom is -0.444 e. The first kappa shape index (κ1) is 18.5. The average molecular weight is 325 g/mol. The van der Waals surface area contributed by atoms with Gasteiger partial charge in [0.2, 0.25) is 0 Å². The Labute approximate surface area is 141 Å². The van der Waals surface area contributed by atoms with E-state index < -0.39 is 5.60 Å². The topological polar surface area (TPSA) is 44.8 Å². The Hall–Kier alpha value is -0.810. The van der Waals surface area contributed by atoms with Crippen molar-refractivity contribution in [3.8, 4) is 0 Å². The third kappa shape index (κ3) is 5.64. The van der Waals surface area contributed by atoms with E-state index in [2.05, 4.69) is 17.1 Å². The van der Waals surface area contributed by atoms with Crippen LogP contribution in [0.1, 0.15) is 53.4 Å². The zero-order valence-corrected chi connectivity index (χ0v) is 15.6. The lowest BCUT2D eigenvalue weighted by atomic mass is 9.98. The molecule has 0 aromatic rings. The highest BCUT2D eigenvalue weighted by molar-refractivity contribution is 5.67. The molecule has 0 aliphatic carbocycles. The van der Waals surface area contributed by atoms with E-state index >= 15 is 0 Å². The Morgan fingerprint density at radius 3 is 2.74 bits per heavy atom. The highest BCUT2D eigenvalue weighted by Crippen LogP contribution is 2.27. The van der Waals surface area contributed by atoms with E-state index in [-0.39, 0.29) is 6.09 Å². The fourth-order valence-electron chi connectivity index (χ4n) is 3.78. The normalized spacial score (nSPS) is 26.7. The molecule has 2 saturated heterocycles. The summed E-state index contributed by atoms with van der Waals surface area (Å²) in [6.45, 7) is 12.1. The molecular formula is C18H35N3O2. The number of nitrogens with one attached hydrogen (secondary N) is 1. The van der Waals surface area contributed by atoms with E-state index in [1.165, 1.54) is 38.8 Å². The minimum atomic E-state index is -0.429. The SMILES string of the molecule is CC(CNC1CCN2CCCCC12)CN(C)C(=O)OC(C)(C)C. The summed E-state index contributed by atoms with van der Waals surface area (Å²) in [7, 11) is 1.82. The van der Waals surface area contributed by atoms with Gasteiger partial charge in [-0.1, -0.05) is 13.3 Å². The van der Waals surface area contributed by atoms with Crippen molar-refractivity contribution < 1.29 is 9.53 Å². The van der Waals surface area contributed by atoms with Gasteiger partial charge in [-0.05, 0) is 59.0 Å². The summed E-state index contributed by atoms with van der Waals surface area (Å²) in [6, 6.07) is 1.36. The van der Waals surface area contributed by atoms with Crippen molar-refractivity contribution in [3.05, 3.63) is 0 Å². The second-order valence-corrected chi connectivity index (χ2v) is 8.37. The molecule has 2 aliphatic rings. The first-order valence-corrected chi connectivity index (χ1v) is 9.18. The number of carbonyl (C=O) groups is 1. The van der Waals surface area contributed by atoms with Crippen LogP contribution < -0.4 is 5.32 Å². The van der Waals surface area contributed by atoms with Crippen molar-refractivity contribution in [1.82, 2.24) is 15.1 Å². The molecule has 2 aliphatic heterocycles. The van der Waals surface area contributed by atoms with Gasteiger partial charge in [-0.3, -0.25) is 4.90 Å². The van der Waals surface area contributed by atoms with Gasteiger partial charge in [0.25, 0.3) is 0 Å². The summed E-state index contributed by atoms with van der Waals surface area (Å²) in [5, 5.41) is 3.75. The van der Waals surface area contributed by atoms with Gasteiger partial charge in [-0.2, -0.15) is 0 Å². The molecule has 0 radical (unpaired) electrons. The molecule has 3 atom stereocenters. The number of hydrogen-bond donors (Lipinski definition) is 1. The van der Waals surface area contributed by atoms with Crippen molar-refractivity contribution in [3.63, 3.8) is 0 Å². The molecular weight excluding hydrogens is 290 g/mol. The zero-order chi connectivity index (χ0) is 17.0. The first-order valence-electron chi connectivity index (χ1n) is 9.18. The van der Waals surface area contributed by atoms with Gasteiger partial charge in [0.15, 0.2) is 0 Å². The van der Waals surface area contributed by atoms with Gasteiger partial charge >= 0.3 is 6.09 Å². The Bertz CT molecular complexity index is 394. The van der Waals surface area contributed by atoms with E-state index in [4.69, 9.17) is 4.74 Å². The highest BCUT2D eigenvalue weighted by Gasteiger charge is 2.35. The lowest BCUT2D eigenvalue weighted by Crippen LogP contribution is -2.47. The Morgan fingerprint density at radius 1 is 1.30 bits per heavy atom. The lowest BCUT2D eigenvalue weighted by Gasteiger charge is -2.33. The monoisotopic (exact) mass is 325 g/mol. The molecule has 1 amide bonds. The van der Waals surface area contributed by atoms with Gasteiger partial charge in [-0.25, -0.2) is 4.79 Å². The van der Waals surface area contributed by atoms with Crippen LogP contribution in [-0.4, -0.2) is 66.8 Å². The van der Waals surface area contributed by atoms with Gasteiger partial charge in [0.05, 0.1) is 0 Å². The summed E-state index contributed by atoms with van der Waals surface area (Å²) in [5.41, 5.74) is -0.429. The van der Waals surface area contributed by atoms with Crippen LogP contribution in [0.15, 0.2) is 0 Å². The molecule has 0 saturated carbocycles. The lowest BCUT2D eigenvalue weighted by molar-refractivity contribution is 0.0276. The molecule has 5 nitrogen and oxygen atoms in total. The number of hydrogen-bond acceptors (Lipinski definition) is 4. The van der Waals surface area contributed by atoms with Crippen LogP contribution in [0.5, 0.6) is 0 Å². The van der Waals surface area contributed by atoms with Crippen molar-refractivity contribution in [2.45, 2.75) is 71.1 Å². The number of amides is 1. The summed E-state index contributed by atoms with van der Waals surface area (Å²) in [5.74, 6) is 0.421.